The molecule has 0 saturated carbocycles. The Kier molecular flexibility index (Phi) is 5.67. The lowest BCUT2D eigenvalue weighted by molar-refractivity contribution is 0.0528. The second-order valence-corrected chi connectivity index (χ2v) is 8.23. The Balaban J connectivity index is 1.49. The second-order valence-electron chi connectivity index (χ2n) is 8.23. The molecule has 0 unspecified atom stereocenters. The van der Waals surface area contributed by atoms with Crippen molar-refractivity contribution < 1.29 is 19.1 Å². The lowest BCUT2D eigenvalue weighted by Crippen LogP contribution is -2.35. The van der Waals surface area contributed by atoms with Crippen LogP contribution in [0.3, 0.4) is 0 Å². The number of ketones is 1. The van der Waals surface area contributed by atoms with Crippen LogP contribution < -0.4 is 5.32 Å². The molecule has 0 bridgehead atoms. The molecule has 1 aliphatic carbocycles. The average molecular weight is 453 g/mol. The molecule has 0 fully saturated rings. The fourth-order valence-electron chi connectivity index (χ4n) is 4.45. The molecule has 1 amide bonds. The zero-order valence-electron chi connectivity index (χ0n) is 18.7. The normalized spacial score (nSPS) is 13.0. The highest BCUT2D eigenvalue weighted by Gasteiger charge is 2.26. The number of carbonyl (C=O) groups excluding carboxylic acids is 3. The number of hydrogen-bond donors (Lipinski definition) is 1. The molecule has 4 aromatic rings. The number of pyridine rings is 2. The maximum atomic E-state index is 13.2. The van der Waals surface area contributed by atoms with E-state index in [2.05, 4.69) is 22.4 Å². The van der Waals surface area contributed by atoms with Gasteiger partial charge >= 0.3 is 5.97 Å². The minimum atomic E-state index is -0.547. The van der Waals surface area contributed by atoms with Gasteiger partial charge < -0.3 is 14.5 Å². The Morgan fingerprint density at radius 3 is 2.44 bits per heavy atom. The Hall–Kier alpha value is -4.26. The average Bonchev–Trinajstić information content (AvgIpc) is 3.45. The number of rotatable bonds is 6. The summed E-state index contributed by atoms with van der Waals surface area (Å²) < 4.78 is 6.83. The van der Waals surface area contributed by atoms with E-state index in [0.717, 1.165) is 12.8 Å². The maximum absolute atomic E-state index is 13.2. The fourth-order valence-corrected chi connectivity index (χ4v) is 4.45. The van der Waals surface area contributed by atoms with Crippen LogP contribution in [-0.2, 0) is 17.6 Å². The Morgan fingerprint density at radius 1 is 1.03 bits per heavy atom. The Bertz CT molecular complexity index is 1380. The van der Waals surface area contributed by atoms with Gasteiger partial charge in [0.05, 0.1) is 17.7 Å². The molecule has 0 radical (unpaired) electrons. The number of nitrogens with zero attached hydrogens (tertiary/aromatic N) is 2. The van der Waals surface area contributed by atoms with Gasteiger partial charge in [-0.25, -0.2) is 4.79 Å². The monoisotopic (exact) mass is 453 g/mol. The topological polar surface area (TPSA) is 89.8 Å². The first-order chi connectivity index (χ1) is 16.5. The van der Waals surface area contributed by atoms with Gasteiger partial charge in [-0.15, -0.1) is 0 Å². The van der Waals surface area contributed by atoms with Gasteiger partial charge in [-0.1, -0.05) is 30.3 Å². The predicted molar refractivity (Wildman–Crippen MR) is 126 cm³/mol. The fraction of sp³-hybridized carbons (Fsp3) is 0.185. The third-order valence-corrected chi connectivity index (χ3v) is 6.05. The van der Waals surface area contributed by atoms with Crippen LogP contribution >= 0.6 is 0 Å². The van der Waals surface area contributed by atoms with Crippen LogP contribution in [0, 0.1) is 0 Å². The number of aromatic nitrogens is 2. The Labute approximate surface area is 196 Å². The van der Waals surface area contributed by atoms with Crippen LogP contribution in [0.25, 0.3) is 5.52 Å². The molecule has 7 heteroatoms. The molecule has 0 spiro atoms. The molecule has 34 heavy (non-hydrogen) atoms. The van der Waals surface area contributed by atoms with Gasteiger partial charge in [0.25, 0.3) is 5.91 Å². The van der Waals surface area contributed by atoms with Gasteiger partial charge in [-0.2, -0.15) is 0 Å². The molecule has 0 saturated heterocycles. The third-order valence-electron chi connectivity index (χ3n) is 6.05. The van der Waals surface area contributed by atoms with E-state index in [4.69, 9.17) is 4.74 Å². The Morgan fingerprint density at radius 2 is 1.76 bits per heavy atom. The van der Waals surface area contributed by atoms with Crippen molar-refractivity contribution >= 4 is 23.2 Å². The van der Waals surface area contributed by atoms with E-state index < -0.39 is 5.97 Å². The van der Waals surface area contributed by atoms with Gasteiger partial charge in [0.15, 0.2) is 0 Å². The number of nitrogens with one attached hydrogen (secondary N) is 1. The maximum Gasteiger partial charge on any atom is 0.340 e. The van der Waals surface area contributed by atoms with Gasteiger partial charge in [-0.3, -0.25) is 14.6 Å². The molecule has 3 heterocycles. The van der Waals surface area contributed by atoms with E-state index in [-0.39, 0.29) is 29.9 Å². The van der Waals surface area contributed by atoms with Crippen molar-refractivity contribution in [2.24, 2.45) is 0 Å². The summed E-state index contributed by atoms with van der Waals surface area (Å²) in [7, 11) is 0. The van der Waals surface area contributed by atoms with Crippen molar-refractivity contribution in [3.63, 3.8) is 0 Å². The minimum Gasteiger partial charge on any atom is -0.462 e. The summed E-state index contributed by atoms with van der Waals surface area (Å²) in [5.74, 6) is -1.10. The first kappa shape index (κ1) is 21.6. The van der Waals surface area contributed by atoms with E-state index >= 15 is 0 Å². The van der Waals surface area contributed by atoms with Gasteiger partial charge in [-0.05, 0) is 61.2 Å². The molecule has 3 aromatic heterocycles. The number of ether oxygens (including phenoxy) is 1. The third kappa shape index (κ3) is 3.96. The van der Waals surface area contributed by atoms with Crippen LogP contribution in [-0.4, -0.2) is 39.7 Å². The van der Waals surface area contributed by atoms with Crippen molar-refractivity contribution in [3.05, 3.63) is 107 Å². The quantitative estimate of drug-likeness (QED) is 0.356. The standard InChI is InChI=1S/C27H23N3O4/c1-2-34-27(33)21-16-24(26(32)29-20-13-17-7-3-4-8-18(17)14-20)30-12-10-19(15-23(21)30)25(31)22-9-5-6-11-28-22/h3-12,15-16,20H,2,13-14H2,1H3,(H,29,32). The number of fused-ring (bicyclic) bond motifs is 2. The van der Waals surface area contributed by atoms with Crippen molar-refractivity contribution in [1.29, 1.82) is 0 Å². The number of esters is 1. The van der Waals surface area contributed by atoms with Gasteiger partial charge in [0, 0.05) is 24.0 Å². The molecular formula is C27H23N3O4. The summed E-state index contributed by atoms with van der Waals surface area (Å²) in [4.78, 5) is 42.9. The van der Waals surface area contributed by atoms with E-state index in [1.165, 1.54) is 17.2 Å². The summed E-state index contributed by atoms with van der Waals surface area (Å²) in [6, 6.07) is 18.0. The molecule has 170 valence electrons. The zero-order valence-corrected chi connectivity index (χ0v) is 18.7. The summed E-state index contributed by atoms with van der Waals surface area (Å²) in [6.07, 6.45) is 4.71. The van der Waals surface area contributed by atoms with E-state index in [9.17, 15) is 14.4 Å². The molecule has 0 aliphatic heterocycles. The lowest BCUT2D eigenvalue weighted by Gasteiger charge is -2.12. The molecule has 0 atom stereocenters. The molecular weight excluding hydrogens is 430 g/mol. The minimum absolute atomic E-state index is 0.0218. The molecule has 7 nitrogen and oxygen atoms in total. The number of hydrogen-bond acceptors (Lipinski definition) is 5. The van der Waals surface area contributed by atoms with Crippen molar-refractivity contribution in [2.75, 3.05) is 6.61 Å². The van der Waals surface area contributed by atoms with Gasteiger partial charge in [0.1, 0.15) is 11.4 Å². The van der Waals surface area contributed by atoms with Crippen molar-refractivity contribution in [1.82, 2.24) is 14.7 Å². The van der Waals surface area contributed by atoms with Crippen molar-refractivity contribution in [2.45, 2.75) is 25.8 Å². The number of benzene rings is 1. The first-order valence-corrected chi connectivity index (χ1v) is 11.2. The number of carbonyl (C=O) groups is 3. The highest BCUT2D eigenvalue weighted by molar-refractivity contribution is 6.10. The molecule has 5 rings (SSSR count). The predicted octanol–water partition coefficient (Wildman–Crippen LogP) is 3.64. The van der Waals surface area contributed by atoms with Crippen LogP contribution in [0.2, 0.25) is 0 Å². The van der Waals surface area contributed by atoms with E-state index in [1.54, 1.807) is 54.0 Å². The summed E-state index contributed by atoms with van der Waals surface area (Å²) >= 11 is 0. The molecule has 1 aliphatic rings. The first-order valence-electron chi connectivity index (χ1n) is 11.2. The molecule has 1 N–H and O–H groups in total. The zero-order chi connectivity index (χ0) is 23.7. The van der Waals surface area contributed by atoms with Crippen LogP contribution in [0.5, 0.6) is 0 Å². The van der Waals surface area contributed by atoms with Crippen LogP contribution in [0.4, 0.5) is 0 Å². The van der Waals surface area contributed by atoms with Gasteiger partial charge in [0.2, 0.25) is 5.78 Å². The lowest BCUT2D eigenvalue weighted by atomic mass is 10.1. The largest absolute Gasteiger partial charge is 0.462 e. The SMILES string of the molecule is CCOC(=O)c1cc(C(=O)NC2Cc3ccccc3C2)n2ccc(C(=O)c3ccccn3)cc12. The highest BCUT2D eigenvalue weighted by atomic mass is 16.5. The molecule has 1 aromatic carbocycles. The van der Waals surface area contributed by atoms with E-state index in [1.807, 2.05) is 12.1 Å². The summed E-state index contributed by atoms with van der Waals surface area (Å²) in [5, 5.41) is 3.09. The summed E-state index contributed by atoms with van der Waals surface area (Å²) in [6.45, 7) is 1.92. The smallest absolute Gasteiger partial charge is 0.340 e. The number of amides is 1. The van der Waals surface area contributed by atoms with Crippen molar-refractivity contribution in [3.8, 4) is 0 Å². The van der Waals surface area contributed by atoms with E-state index in [0.29, 0.717) is 22.5 Å². The van der Waals surface area contributed by atoms with Crippen LogP contribution in [0.1, 0.15) is 54.9 Å². The highest BCUT2D eigenvalue weighted by Crippen LogP contribution is 2.24. The second kappa shape index (κ2) is 8.94. The van der Waals surface area contributed by atoms with Crippen LogP contribution in [0.15, 0.2) is 73.1 Å². The summed E-state index contributed by atoms with van der Waals surface area (Å²) in [5.41, 5.74) is 4.11.